The average Bonchev–Trinajstić information content (AvgIpc) is 3.12. The van der Waals surface area contributed by atoms with Gasteiger partial charge >= 0.3 is 0 Å². The van der Waals surface area contributed by atoms with Crippen molar-refractivity contribution in [2.24, 2.45) is 0 Å². The van der Waals surface area contributed by atoms with E-state index in [9.17, 15) is 4.79 Å². The molecule has 154 valence electrons. The van der Waals surface area contributed by atoms with Crippen LogP contribution < -0.4 is 5.32 Å². The van der Waals surface area contributed by atoms with Gasteiger partial charge < -0.3 is 5.32 Å². The zero-order valence-electron chi connectivity index (χ0n) is 17.9. The van der Waals surface area contributed by atoms with Gasteiger partial charge in [0.2, 0.25) is 5.91 Å². The lowest BCUT2D eigenvalue weighted by Gasteiger charge is -2.17. The number of hydrogen-bond acceptors (Lipinski definition) is 4. The molecule has 6 nitrogen and oxygen atoms in total. The van der Waals surface area contributed by atoms with Crippen molar-refractivity contribution in [3.05, 3.63) is 77.5 Å². The molecule has 0 fully saturated rings. The highest BCUT2D eigenvalue weighted by molar-refractivity contribution is 5.91. The fourth-order valence-electron chi connectivity index (χ4n) is 3.14. The predicted octanol–water partition coefficient (Wildman–Crippen LogP) is 4.11. The monoisotopic (exact) mass is 401 g/mol. The third-order valence-electron chi connectivity index (χ3n) is 4.67. The number of nitriles is 1. The van der Waals surface area contributed by atoms with Crippen LogP contribution in [-0.2, 0) is 16.8 Å². The molecule has 0 saturated heterocycles. The Morgan fingerprint density at radius 2 is 1.87 bits per heavy atom. The van der Waals surface area contributed by atoms with Crippen LogP contribution in [0, 0.1) is 11.3 Å². The lowest BCUT2D eigenvalue weighted by atomic mass is 9.92. The Bertz CT molecular complexity index is 1060. The minimum atomic E-state index is -0.137. The summed E-state index contributed by atoms with van der Waals surface area (Å²) in [5.41, 5.74) is 3.27. The molecular formula is C24H27N5O. The fourth-order valence-corrected chi connectivity index (χ4v) is 3.14. The molecule has 0 aliphatic rings. The van der Waals surface area contributed by atoms with Crippen LogP contribution in [0.15, 0.2) is 60.7 Å². The van der Waals surface area contributed by atoms with Crippen molar-refractivity contribution in [2.45, 2.75) is 32.7 Å². The first-order valence-corrected chi connectivity index (χ1v) is 9.89. The number of nitrogens with one attached hydrogen (secondary N) is 1. The quantitative estimate of drug-likeness (QED) is 0.674. The summed E-state index contributed by atoms with van der Waals surface area (Å²) in [5, 5.41) is 16.8. The molecule has 0 unspecified atom stereocenters. The van der Waals surface area contributed by atoms with Gasteiger partial charge in [-0.05, 0) is 36.9 Å². The van der Waals surface area contributed by atoms with Gasteiger partial charge in [0.05, 0.1) is 29.6 Å². The van der Waals surface area contributed by atoms with Gasteiger partial charge in [0.1, 0.15) is 5.82 Å². The highest BCUT2D eigenvalue weighted by atomic mass is 16.2. The normalized spacial score (nSPS) is 11.3. The van der Waals surface area contributed by atoms with Crippen LogP contribution in [0.5, 0.6) is 0 Å². The molecule has 6 heteroatoms. The SMILES string of the molecule is CN(CC(=O)Nc1cc(C(C)(C)C)nn1-c1ccccc1)Cc1cccc(C#N)c1. The second-order valence-corrected chi connectivity index (χ2v) is 8.44. The van der Waals surface area contributed by atoms with Gasteiger partial charge in [-0.2, -0.15) is 10.4 Å². The molecule has 3 aromatic rings. The molecule has 1 heterocycles. The van der Waals surface area contributed by atoms with E-state index in [1.165, 1.54) is 0 Å². The molecule has 0 bridgehead atoms. The van der Waals surface area contributed by atoms with E-state index >= 15 is 0 Å². The lowest BCUT2D eigenvalue weighted by Crippen LogP contribution is -2.30. The Morgan fingerprint density at radius 3 is 2.53 bits per heavy atom. The van der Waals surface area contributed by atoms with Gasteiger partial charge in [-0.1, -0.05) is 51.1 Å². The number of carbonyl (C=O) groups excluding carboxylic acids is 1. The summed E-state index contributed by atoms with van der Waals surface area (Å²) in [4.78, 5) is 14.6. The van der Waals surface area contributed by atoms with Crippen molar-refractivity contribution in [1.29, 1.82) is 5.26 Å². The van der Waals surface area contributed by atoms with E-state index in [1.807, 2.05) is 66.5 Å². The molecule has 2 aromatic carbocycles. The minimum Gasteiger partial charge on any atom is -0.309 e. The summed E-state index contributed by atoms with van der Waals surface area (Å²) in [5.74, 6) is 0.530. The molecule has 0 saturated carbocycles. The lowest BCUT2D eigenvalue weighted by molar-refractivity contribution is -0.117. The Balaban J connectivity index is 1.74. The molecule has 1 N–H and O–H groups in total. The van der Waals surface area contributed by atoms with Crippen LogP contribution in [0.25, 0.3) is 5.69 Å². The second kappa shape index (κ2) is 8.93. The number of aromatic nitrogens is 2. The van der Waals surface area contributed by atoms with Crippen molar-refractivity contribution in [2.75, 3.05) is 18.9 Å². The summed E-state index contributed by atoms with van der Waals surface area (Å²) in [6.07, 6.45) is 0. The van der Waals surface area contributed by atoms with Gasteiger partial charge in [-0.25, -0.2) is 4.68 Å². The highest BCUT2D eigenvalue weighted by Gasteiger charge is 2.21. The van der Waals surface area contributed by atoms with Crippen LogP contribution in [0.4, 0.5) is 5.82 Å². The molecule has 0 aliphatic heterocycles. The Labute approximate surface area is 177 Å². The van der Waals surface area contributed by atoms with Crippen molar-refractivity contribution in [3.8, 4) is 11.8 Å². The second-order valence-electron chi connectivity index (χ2n) is 8.44. The van der Waals surface area contributed by atoms with Gasteiger partial charge in [0.25, 0.3) is 0 Å². The van der Waals surface area contributed by atoms with Crippen LogP contribution >= 0.6 is 0 Å². The van der Waals surface area contributed by atoms with Crippen LogP contribution in [0.3, 0.4) is 0 Å². The van der Waals surface area contributed by atoms with E-state index in [-0.39, 0.29) is 17.9 Å². The number of benzene rings is 2. The summed E-state index contributed by atoms with van der Waals surface area (Å²) >= 11 is 0. The number of likely N-dealkylation sites (N-methyl/N-ethyl adjacent to an activating group) is 1. The van der Waals surface area contributed by atoms with Crippen molar-refractivity contribution >= 4 is 11.7 Å². The largest absolute Gasteiger partial charge is 0.309 e. The zero-order chi connectivity index (χ0) is 21.7. The zero-order valence-corrected chi connectivity index (χ0v) is 17.9. The van der Waals surface area contributed by atoms with Gasteiger partial charge in [-0.15, -0.1) is 0 Å². The first-order valence-electron chi connectivity index (χ1n) is 9.89. The van der Waals surface area contributed by atoms with Gasteiger partial charge in [0, 0.05) is 18.0 Å². The van der Waals surface area contributed by atoms with E-state index in [4.69, 9.17) is 10.4 Å². The summed E-state index contributed by atoms with van der Waals surface area (Å²) in [6.45, 7) is 7.09. The standard InChI is InChI=1S/C24H27N5O/c1-24(2,3)21-14-22(29(27-21)20-11-6-5-7-12-20)26-23(30)17-28(4)16-19-10-8-9-18(13-19)15-25/h5-14H,16-17H2,1-4H3,(H,26,30). The molecule has 1 aromatic heterocycles. The van der Waals surface area contributed by atoms with E-state index in [1.54, 1.807) is 10.7 Å². The minimum absolute atomic E-state index is 0.119. The number of carbonyl (C=O) groups is 1. The van der Waals surface area contributed by atoms with Crippen molar-refractivity contribution in [3.63, 3.8) is 0 Å². The number of anilines is 1. The Kier molecular flexibility index (Phi) is 6.34. The maximum absolute atomic E-state index is 12.7. The summed E-state index contributed by atoms with van der Waals surface area (Å²) < 4.78 is 1.77. The highest BCUT2D eigenvalue weighted by Crippen LogP contribution is 2.26. The fraction of sp³-hybridized carbons (Fsp3) is 0.292. The molecule has 0 spiro atoms. The number of nitrogens with zero attached hydrogens (tertiary/aromatic N) is 4. The number of rotatable bonds is 6. The summed E-state index contributed by atoms with van der Waals surface area (Å²) in [6, 6.07) is 21.3. The molecule has 0 atom stereocenters. The van der Waals surface area contributed by atoms with Crippen LogP contribution in [-0.4, -0.2) is 34.2 Å². The third kappa shape index (κ3) is 5.34. The number of hydrogen-bond donors (Lipinski definition) is 1. The summed E-state index contributed by atoms with van der Waals surface area (Å²) in [7, 11) is 1.88. The van der Waals surface area contributed by atoms with Crippen LogP contribution in [0.2, 0.25) is 0 Å². The number of amides is 1. The maximum Gasteiger partial charge on any atom is 0.239 e. The van der Waals surface area contributed by atoms with Crippen molar-refractivity contribution < 1.29 is 4.79 Å². The Morgan fingerprint density at radius 1 is 1.13 bits per heavy atom. The average molecular weight is 402 g/mol. The maximum atomic E-state index is 12.7. The first kappa shape index (κ1) is 21.3. The van der Waals surface area contributed by atoms with E-state index in [0.717, 1.165) is 16.9 Å². The molecular weight excluding hydrogens is 374 g/mol. The van der Waals surface area contributed by atoms with Gasteiger partial charge in [-0.3, -0.25) is 9.69 Å². The van der Waals surface area contributed by atoms with E-state index < -0.39 is 0 Å². The van der Waals surface area contributed by atoms with Gasteiger partial charge in [0.15, 0.2) is 0 Å². The molecule has 1 amide bonds. The molecule has 3 rings (SSSR count). The molecule has 0 aliphatic carbocycles. The van der Waals surface area contributed by atoms with E-state index in [2.05, 4.69) is 32.2 Å². The predicted molar refractivity (Wildman–Crippen MR) is 118 cm³/mol. The smallest absolute Gasteiger partial charge is 0.239 e. The third-order valence-corrected chi connectivity index (χ3v) is 4.67. The van der Waals surface area contributed by atoms with E-state index in [0.29, 0.717) is 17.9 Å². The molecule has 30 heavy (non-hydrogen) atoms. The van der Waals surface area contributed by atoms with Crippen LogP contribution in [0.1, 0.15) is 37.6 Å². The topological polar surface area (TPSA) is 74.0 Å². The van der Waals surface area contributed by atoms with Crippen molar-refractivity contribution in [1.82, 2.24) is 14.7 Å². The number of para-hydroxylation sites is 1. The molecule has 0 radical (unpaired) electrons. The first-order chi connectivity index (χ1) is 14.3. The Hall–Kier alpha value is -3.43.